The minimum atomic E-state index is -0.751. The molecule has 0 fully saturated rings. The number of hydrogen-bond acceptors (Lipinski definition) is 2. The van der Waals surface area contributed by atoms with Crippen LogP contribution in [0.15, 0.2) is 17.0 Å². The monoisotopic (exact) mass is 171 g/mol. The van der Waals surface area contributed by atoms with Crippen LogP contribution in [0.3, 0.4) is 0 Å². The lowest BCUT2D eigenvalue weighted by molar-refractivity contribution is 0.574. The summed E-state index contributed by atoms with van der Waals surface area (Å²) in [6.45, 7) is 0. The summed E-state index contributed by atoms with van der Waals surface area (Å²) in [5.41, 5.74) is -0.353. The van der Waals surface area contributed by atoms with Crippen molar-refractivity contribution in [1.82, 2.24) is 0 Å². The minimum Gasteiger partial charge on any atom is -0.206 e. The van der Waals surface area contributed by atoms with Crippen LogP contribution in [-0.2, 0) is 0 Å². The molecule has 1 rings (SSSR count). The van der Waals surface area contributed by atoms with Gasteiger partial charge in [0.1, 0.15) is 23.3 Å². The predicted octanol–water partition coefficient (Wildman–Crippen LogP) is 2.13. The summed E-state index contributed by atoms with van der Waals surface area (Å²) in [7, 11) is 0. The van der Waals surface area contributed by atoms with Gasteiger partial charge in [-0.05, 0) is 12.1 Å². The molecule has 0 aliphatic heterocycles. The highest BCUT2D eigenvalue weighted by Crippen LogP contribution is 2.19. The van der Waals surface area contributed by atoms with E-state index in [1.807, 2.05) is 0 Å². The van der Waals surface area contributed by atoms with Gasteiger partial charge >= 0.3 is 0 Å². The zero-order valence-electron chi connectivity index (χ0n) is 5.31. The molecule has 0 N–H and O–H groups in total. The van der Waals surface area contributed by atoms with Crippen molar-refractivity contribution in [2.24, 2.45) is 0 Å². The van der Waals surface area contributed by atoms with Crippen molar-refractivity contribution < 1.29 is 8.78 Å². The number of thiol groups is 1. The van der Waals surface area contributed by atoms with Crippen molar-refractivity contribution >= 4 is 12.6 Å². The maximum atomic E-state index is 12.6. The van der Waals surface area contributed by atoms with Crippen LogP contribution in [0.4, 0.5) is 8.78 Å². The molecule has 11 heavy (non-hydrogen) atoms. The van der Waals surface area contributed by atoms with Crippen LogP contribution in [0.1, 0.15) is 5.56 Å². The lowest BCUT2D eigenvalue weighted by Crippen LogP contribution is -1.88. The second-order valence-electron chi connectivity index (χ2n) is 1.86. The van der Waals surface area contributed by atoms with Crippen molar-refractivity contribution in [2.45, 2.75) is 4.90 Å². The van der Waals surface area contributed by atoms with Crippen LogP contribution in [-0.4, -0.2) is 0 Å². The Morgan fingerprint density at radius 1 is 1.27 bits per heavy atom. The molecular formula is C7H3F2NS. The summed E-state index contributed by atoms with van der Waals surface area (Å²) >= 11 is 3.62. The largest absolute Gasteiger partial charge is 0.206 e. The van der Waals surface area contributed by atoms with E-state index in [2.05, 4.69) is 12.6 Å². The predicted molar refractivity (Wildman–Crippen MR) is 38.3 cm³/mol. The molecule has 0 aromatic heterocycles. The average Bonchev–Trinajstić information content (AvgIpc) is 1.99. The fraction of sp³-hybridized carbons (Fsp3) is 0. The van der Waals surface area contributed by atoms with Crippen LogP contribution < -0.4 is 0 Å². The van der Waals surface area contributed by atoms with Gasteiger partial charge in [0.15, 0.2) is 0 Å². The fourth-order valence-electron chi connectivity index (χ4n) is 0.647. The smallest absolute Gasteiger partial charge is 0.142 e. The molecule has 0 unspecified atom stereocenters. The third-order valence-corrected chi connectivity index (χ3v) is 1.63. The first-order valence-corrected chi connectivity index (χ1v) is 3.18. The molecule has 0 aliphatic rings. The van der Waals surface area contributed by atoms with Crippen LogP contribution >= 0.6 is 12.6 Å². The molecule has 0 aliphatic carbocycles. The van der Waals surface area contributed by atoms with E-state index in [1.54, 1.807) is 0 Å². The first-order chi connectivity index (χ1) is 5.16. The maximum absolute atomic E-state index is 12.6. The van der Waals surface area contributed by atoms with E-state index < -0.39 is 11.6 Å². The molecule has 0 radical (unpaired) electrons. The van der Waals surface area contributed by atoms with Gasteiger partial charge in [-0.2, -0.15) is 5.26 Å². The number of nitriles is 1. The van der Waals surface area contributed by atoms with E-state index in [-0.39, 0.29) is 10.5 Å². The molecule has 0 saturated carbocycles. The Labute approximate surface area is 67.7 Å². The molecule has 56 valence electrons. The quantitative estimate of drug-likeness (QED) is 0.594. The molecule has 1 aromatic rings. The molecule has 0 saturated heterocycles. The van der Waals surface area contributed by atoms with Crippen molar-refractivity contribution in [2.75, 3.05) is 0 Å². The fourth-order valence-corrected chi connectivity index (χ4v) is 0.879. The molecule has 0 spiro atoms. The SMILES string of the molecule is N#Cc1c(F)ccc(F)c1S. The highest BCUT2D eigenvalue weighted by molar-refractivity contribution is 7.80. The Morgan fingerprint density at radius 2 is 1.82 bits per heavy atom. The van der Waals surface area contributed by atoms with E-state index in [0.29, 0.717) is 0 Å². The number of nitrogens with zero attached hydrogens (tertiary/aromatic N) is 1. The second-order valence-corrected chi connectivity index (χ2v) is 2.31. The van der Waals surface area contributed by atoms with Crippen molar-refractivity contribution in [3.05, 3.63) is 29.3 Å². The van der Waals surface area contributed by atoms with Crippen molar-refractivity contribution in [1.29, 1.82) is 5.26 Å². The standard InChI is InChI=1S/C7H3F2NS/c8-5-1-2-6(9)7(11)4(5)3-10/h1-2,11H. The lowest BCUT2D eigenvalue weighted by atomic mass is 10.2. The summed E-state index contributed by atoms with van der Waals surface area (Å²) < 4.78 is 25.1. The van der Waals surface area contributed by atoms with Crippen LogP contribution in [0, 0.1) is 23.0 Å². The van der Waals surface area contributed by atoms with E-state index in [0.717, 1.165) is 12.1 Å². The van der Waals surface area contributed by atoms with Gasteiger partial charge in [0.25, 0.3) is 0 Å². The number of rotatable bonds is 0. The molecule has 0 amide bonds. The van der Waals surface area contributed by atoms with Gasteiger partial charge in [-0.3, -0.25) is 0 Å². The minimum absolute atomic E-state index is 0.243. The molecule has 0 atom stereocenters. The Bertz CT molecular complexity index is 330. The molecular weight excluding hydrogens is 168 g/mol. The van der Waals surface area contributed by atoms with Gasteiger partial charge < -0.3 is 0 Å². The molecule has 0 heterocycles. The Kier molecular flexibility index (Phi) is 2.11. The molecule has 1 aromatic carbocycles. The summed E-state index contributed by atoms with van der Waals surface area (Å²) in [5.74, 6) is -1.44. The highest BCUT2D eigenvalue weighted by Gasteiger charge is 2.08. The topological polar surface area (TPSA) is 23.8 Å². The van der Waals surface area contributed by atoms with Gasteiger partial charge in [0.05, 0.1) is 4.90 Å². The van der Waals surface area contributed by atoms with Crippen LogP contribution in [0.25, 0.3) is 0 Å². The highest BCUT2D eigenvalue weighted by atomic mass is 32.1. The zero-order valence-corrected chi connectivity index (χ0v) is 6.20. The number of hydrogen-bond donors (Lipinski definition) is 1. The van der Waals surface area contributed by atoms with Gasteiger partial charge in [-0.1, -0.05) is 0 Å². The summed E-state index contributed by atoms with van der Waals surface area (Å²) in [5, 5.41) is 8.32. The zero-order chi connectivity index (χ0) is 8.43. The normalized spacial score (nSPS) is 9.27. The van der Waals surface area contributed by atoms with E-state index in [4.69, 9.17) is 5.26 Å². The molecule has 0 bridgehead atoms. The lowest BCUT2D eigenvalue weighted by Gasteiger charge is -1.97. The summed E-state index contributed by atoms with van der Waals surface area (Å²) in [6, 6.07) is 3.34. The summed E-state index contributed by atoms with van der Waals surface area (Å²) in [6.07, 6.45) is 0. The Morgan fingerprint density at radius 3 is 2.27 bits per heavy atom. The first kappa shape index (κ1) is 8.02. The van der Waals surface area contributed by atoms with Crippen molar-refractivity contribution in [3.8, 4) is 6.07 Å². The van der Waals surface area contributed by atoms with Gasteiger partial charge in [0.2, 0.25) is 0 Å². The Balaban J connectivity index is 3.44. The third-order valence-electron chi connectivity index (χ3n) is 1.19. The average molecular weight is 171 g/mol. The van der Waals surface area contributed by atoms with Crippen LogP contribution in [0.2, 0.25) is 0 Å². The number of benzene rings is 1. The van der Waals surface area contributed by atoms with Crippen molar-refractivity contribution in [3.63, 3.8) is 0 Å². The van der Waals surface area contributed by atoms with Gasteiger partial charge in [-0.15, -0.1) is 12.6 Å². The van der Waals surface area contributed by atoms with E-state index in [9.17, 15) is 8.78 Å². The van der Waals surface area contributed by atoms with Gasteiger partial charge in [-0.25, -0.2) is 8.78 Å². The van der Waals surface area contributed by atoms with Gasteiger partial charge in [0, 0.05) is 0 Å². The Hall–Kier alpha value is -1.08. The molecule has 1 nitrogen and oxygen atoms in total. The van der Waals surface area contributed by atoms with E-state index in [1.165, 1.54) is 6.07 Å². The first-order valence-electron chi connectivity index (χ1n) is 2.74. The third kappa shape index (κ3) is 1.33. The second kappa shape index (κ2) is 2.89. The van der Waals surface area contributed by atoms with E-state index >= 15 is 0 Å². The maximum Gasteiger partial charge on any atom is 0.142 e. The number of halogens is 2. The summed E-state index contributed by atoms with van der Waals surface area (Å²) in [4.78, 5) is -0.243. The molecule has 4 heteroatoms. The van der Waals surface area contributed by atoms with Crippen LogP contribution in [0.5, 0.6) is 0 Å².